The highest BCUT2D eigenvalue weighted by atomic mass is 28.4. The maximum absolute atomic E-state index is 12.8. The van der Waals surface area contributed by atoms with E-state index in [4.69, 9.17) is 13.9 Å². The molecule has 0 radical (unpaired) electrons. The molecule has 4 nitrogen and oxygen atoms in total. The highest BCUT2D eigenvalue weighted by Gasteiger charge is 2.49. The van der Waals surface area contributed by atoms with Crippen molar-refractivity contribution < 1.29 is 18.7 Å². The number of ketones is 1. The van der Waals surface area contributed by atoms with E-state index in [2.05, 4.69) is 52.6 Å². The van der Waals surface area contributed by atoms with E-state index in [1.54, 1.807) is 6.07 Å². The van der Waals surface area contributed by atoms with Gasteiger partial charge in [-0.05, 0) is 56.5 Å². The summed E-state index contributed by atoms with van der Waals surface area (Å²) in [6.45, 7) is 16.5. The molecule has 1 aliphatic rings. The van der Waals surface area contributed by atoms with Crippen LogP contribution < -0.4 is 4.43 Å². The topological polar surface area (TPSA) is 44.8 Å². The maximum Gasteiger partial charge on any atom is 0.250 e. The Morgan fingerprint density at radius 3 is 2.57 bits per heavy atom. The highest BCUT2D eigenvalue weighted by molar-refractivity contribution is 6.74. The van der Waals surface area contributed by atoms with Crippen molar-refractivity contribution in [2.45, 2.75) is 59.2 Å². The zero-order valence-electron chi connectivity index (χ0n) is 18.3. The summed E-state index contributed by atoms with van der Waals surface area (Å²) in [4.78, 5) is 12.8. The number of hydrogen-bond donors (Lipinski definition) is 0. The fourth-order valence-electron chi connectivity index (χ4n) is 2.62. The summed E-state index contributed by atoms with van der Waals surface area (Å²) < 4.78 is 17.1. The van der Waals surface area contributed by atoms with Crippen LogP contribution in [0, 0.1) is 23.2 Å². The molecular weight excluding hydrogens is 368 g/mol. The number of para-hydroxylation sites is 1. The quantitative estimate of drug-likeness (QED) is 0.148. The zero-order valence-corrected chi connectivity index (χ0v) is 19.3. The maximum atomic E-state index is 12.8. The lowest BCUT2D eigenvalue weighted by Gasteiger charge is -2.36. The van der Waals surface area contributed by atoms with Crippen LogP contribution in [0.5, 0.6) is 5.75 Å². The summed E-state index contributed by atoms with van der Waals surface area (Å²) in [5, 5.41) is 0.0606. The van der Waals surface area contributed by atoms with Gasteiger partial charge < -0.3 is 13.9 Å². The molecule has 0 heterocycles. The predicted octanol–water partition coefficient (Wildman–Crippen LogP) is 5.29. The van der Waals surface area contributed by atoms with Crippen molar-refractivity contribution in [3.63, 3.8) is 0 Å². The van der Waals surface area contributed by atoms with Crippen LogP contribution in [0.25, 0.3) is 0 Å². The normalized spacial score (nSPS) is 21.6. The molecule has 2 rings (SSSR count). The van der Waals surface area contributed by atoms with Gasteiger partial charge in [0.25, 0.3) is 8.32 Å². The van der Waals surface area contributed by atoms with Crippen LogP contribution in [-0.4, -0.2) is 34.1 Å². The first-order valence-electron chi connectivity index (χ1n) is 10.0. The average molecular weight is 403 g/mol. The van der Waals surface area contributed by atoms with Gasteiger partial charge in [0.15, 0.2) is 0 Å². The predicted molar refractivity (Wildman–Crippen MR) is 115 cm³/mol. The summed E-state index contributed by atoms with van der Waals surface area (Å²) in [5.74, 6) is 6.85. The Balaban J connectivity index is 2.06. The first kappa shape index (κ1) is 22.7. The molecule has 0 saturated heterocycles. The second-order valence-corrected chi connectivity index (χ2v) is 14.0. The zero-order chi connectivity index (χ0) is 21.0. The lowest BCUT2D eigenvalue weighted by molar-refractivity contribution is -0.0543. The van der Waals surface area contributed by atoms with Crippen LogP contribution in [-0.2, 0) is 9.47 Å². The molecule has 1 saturated carbocycles. The lowest BCUT2D eigenvalue weighted by Crippen LogP contribution is -2.44. The van der Waals surface area contributed by atoms with Gasteiger partial charge in [-0.3, -0.25) is 4.79 Å². The fourth-order valence-corrected chi connectivity index (χ4v) is 3.65. The van der Waals surface area contributed by atoms with Crippen molar-refractivity contribution in [3.05, 3.63) is 29.8 Å². The molecule has 154 valence electrons. The Labute approximate surface area is 171 Å². The van der Waals surface area contributed by atoms with Gasteiger partial charge >= 0.3 is 0 Å². The molecule has 0 amide bonds. The molecule has 1 aliphatic carbocycles. The standard InChI is InChI=1S/C23H34O4Si/c1-8-25-17-26-16-18-15-23(18,5)14-13-20(24)19-11-9-10-12-21(19)27-28(6,7)22(2,3)4/h9-12,18H,8,15-17H2,1-7H3/t18-,23-/m0/s1. The Morgan fingerprint density at radius 2 is 1.93 bits per heavy atom. The van der Waals surface area contributed by atoms with Gasteiger partial charge in [0, 0.05) is 17.9 Å². The molecule has 0 aliphatic heterocycles. The minimum atomic E-state index is -2.03. The van der Waals surface area contributed by atoms with Crippen molar-refractivity contribution in [2.24, 2.45) is 11.3 Å². The number of benzene rings is 1. The number of carbonyl (C=O) groups is 1. The first-order valence-corrected chi connectivity index (χ1v) is 12.9. The summed E-state index contributed by atoms with van der Waals surface area (Å²) in [6, 6.07) is 7.44. The van der Waals surface area contributed by atoms with Crippen molar-refractivity contribution in [3.8, 4) is 17.6 Å². The van der Waals surface area contributed by atoms with E-state index >= 15 is 0 Å². The third kappa shape index (κ3) is 5.70. The lowest BCUT2D eigenvalue weighted by atomic mass is 10.1. The Hall–Kier alpha value is -1.61. The van der Waals surface area contributed by atoms with E-state index in [-0.39, 0.29) is 16.2 Å². The molecule has 28 heavy (non-hydrogen) atoms. The molecular formula is C23H34O4Si. The van der Waals surface area contributed by atoms with Crippen LogP contribution in [0.2, 0.25) is 18.1 Å². The van der Waals surface area contributed by atoms with E-state index in [1.165, 1.54) is 0 Å². The highest BCUT2D eigenvalue weighted by Crippen LogP contribution is 2.51. The van der Waals surface area contributed by atoms with Gasteiger partial charge in [0.2, 0.25) is 5.78 Å². The molecule has 1 aromatic rings. The Kier molecular flexibility index (Phi) is 7.14. The van der Waals surface area contributed by atoms with E-state index in [1.807, 2.05) is 25.1 Å². The third-order valence-corrected chi connectivity index (χ3v) is 10.2. The van der Waals surface area contributed by atoms with Crippen LogP contribution in [0.15, 0.2) is 24.3 Å². The van der Waals surface area contributed by atoms with Gasteiger partial charge in [-0.2, -0.15) is 0 Å². The number of Topliss-reactive ketones (excluding diaryl/α,β-unsaturated/α-hetero) is 1. The van der Waals surface area contributed by atoms with Crippen LogP contribution in [0.3, 0.4) is 0 Å². The largest absolute Gasteiger partial charge is 0.543 e. The Morgan fingerprint density at radius 1 is 1.25 bits per heavy atom. The van der Waals surface area contributed by atoms with Gasteiger partial charge in [-0.1, -0.05) is 38.8 Å². The van der Waals surface area contributed by atoms with Gasteiger partial charge in [0.1, 0.15) is 12.5 Å². The van der Waals surface area contributed by atoms with Crippen molar-refractivity contribution in [2.75, 3.05) is 20.0 Å². The van der Waals surface area contributed by atoms with Crippen molar-refractivity contribution >= 4 is 14.1 Å². The minimum absolute atomic E-state index is 0.0606. The van der Waals surface area contributed by atoms with Crippen LogP contribution in [0.4, 0.5) is 0 Å². The molecule has 0 N–H and O–H groups in total. The number of carbonyl (C=O) groups excluding carboxylic acids is 1. The monoisotopic (exact) mass is 402 g/mol. The Bertz CT molecular complexity index is 754. The fraction of sp³-hybridized carbons (Fsp3) is 0.609. The molecule has 0 bridgehead atoms. The van der Waals surface area contributed by atoms with Gasteiger partial charge in [-0.15, -0.1) is 0 Å². The van der Waals surface area contributed by atoms with Crippen LogP contribution >= 0.6 is 0 Å². The molecule has 1 aromatic carbocycles. The molecule has 0 spiro atoms. The van der Waals surface area contributed by atoms with E-state index in [9.17, 15) is 4.79 Å². The smallest absolute Gasteiger partial charge is 0.250 e. The molecule has 1 fully saturated rings. The van der Waals surface area contributed by atoms with Crippen LogP contribution in [0.1, 0.15) is 51.4 Å². The number of rotatable bonds is 8. The third-order valence-electron chi connectivity index (χ3n) is 5.87. The minimum Gasteiger partial charge on any atom is -0.543 e. The van der Waals surface area contributed by atoms with E-state index in [0.717, 1.165) is 6.42 Å². The van der Waals surface area contributed by atoms with Crippen molar-refractivity contribution in [1.29, 1.82) is 0 Å². The molecule has 0 unspecified atom stereocenters. The number of hydrogen-bond acceptors (Lipinski definition) is 4. The van der Waals surface area contributed by atoms with Gasteiger partial charge in [-0.25, -0.2) is 0 Å². The second-order valence-electron chi connectivity index (χ2n) is 9.24. The molecule has 2 atom stereocenters. The summed E-state index contributed by atoms with van der Waals surface area (Å²) in [5.41, 5.74) is 0.394. The number of ether oxygens (including phenoxy) is 2. The molecule has 0 aromatic heterocycles. The second kappa shape index (κ2) is 8.81. The van der Waals surface area contributed by atoms with Crippen molar-refractivity contribution in [1.82, 2.24) is 0 Å². The first-order chi connectivity index (χ1) is 13.0. The summed E-state index contributed by atoms with van der Waals surface area (Å²) in [6.07, 6.45) is 0.946. The molecule has 5 heteroatoms. The summed E-state index contributed by atoms with van der Waals surface area (Å²) in [7, 11) is -2.03. The average Bonchev–Trinajstić information content (AvgIpc) is 3.26. The summed E-state index contributed by atoms with van der Waals surface area (Å²) >= 11 is 0. The van der Waals surface area contributed by atoms with Gasteiger partial charge in [0.05, 0.1) is 12.2 Å². The van der Waals surface area contributed by atoms with E-state index < -0.39 is 8.32 Å². The SMILES string of the molecule is CCOCOC[C@@H]1C[C@]1(C)C#CC(=O)c1ccccc1O[Si](C)(C)C(C)(C)C. The van der Waals surface area contributed by atoms with E-state index in [0.29, 0.717) is 37.2 Å².